The maximum atomic E-state index is 13.1. The van der Waals surface area contributed by atoms with Crippen molar-refractivity contribution in [1.29, 1.82) is 0 Å². The molecule has 0 bridgehead atoms. The third-order valence-corrected chi connectivity index (χ3v) is 4.67. The average Bonchev–Trinajstić information content (AvgIpc) is 2.99. The third-order valence-electron chi connectivity index (χ3n) is 4.67. The highest BCUT2D eigenvalue weighted by Gasteiger charge is 2.28. The highest BCUT2D eigenvalue weighted by Crippen LogP contribution is 2.27. The fraction of sp³-hybridized carbons (Fsp3) is 0.611. The molecule has 0 aromatic heterocycles. The molecule has 3 rings (SSSR count). The Morgan fingerprint density at radius 3 is 2.41 bits per heavy atom. The van der Waals surface area contributed by atoms with Crippen LogP contribution in [0.15, 0.2) is 18.2 Å². The molecule has 120 valence electrons. The van der Waals surface area contributed by atoms with Crippen LogP contribution in [-0.4, -0.2) is 49.1 Å². The number of rotatable bonds is 2. The Morgan fingerprint density at radius 1 is 1.14 bits per heavy atom. The van der Waals surface area contributed by atoms with Crippen molar-refractivity contribution in [2.75, 3.05) is 31.1 Å². The Hall–Kier alpha value is -1.55. The van der Waals surface area contributed by atoms with Crippen LogP contribution in [0.5, 0.6) is 0 Å². The molecule has 1 N–H and O–H groups in total. The Balaban J connectivity index is 1.89. The van der Waals surface area contributed by atoms with Crippen molar-refractivity contribution >= 4 is 11.6 Å². The van der Waals surface area contributed by atoms with Crippen molar-refractivity contribution in [2.45, 2.75) is 45.7 Å². The van der Waals surface area contributed by atoms with Crippen molar-refractivity contribution in [1.82, 2.24) is 10.2 Å². The Labute approximate surface area is 133 Å². The smallest absolute Gasteiger partial charge is 0.256 e. The topological polar surface area (TPSA) is 35.6 Å². The van der Waals surface area contributed by atoms with Gasteiger partial charge in [-0.2, -0.15) is 0 Å². The fourth-order valence-electron chi connectivity index (χ4n) is 3.72. The number of amides is 1. The largest absolute Gasteiger partial charge is 0.371 e. The molecule has 0 aliphatic carbocycles. The molecule has 2 aliphatic heterocycles. The van der Waals surface area contributed by atoms with E-state index >= 15 is 0 Å². The number of nitrogens with one attached hydrogen (secondary N) is 1. The van der Waals surface area contributed by atoms with Gasteiger partial charge in [-0.05, 0) is 45.7 Å². The molecule has 0 saturated carbocycles. The molecule has 1 amide bonds. The number of hydrogen-bond acceptors (Lipinski definition) is 3. The molecule has 2 fully saturated rings. The molecule has 0 unspecified atom stereocenters. The highest BCUT2D eigenvalue weighted by molar-refractivity contribution is 6.00. The van der Waals surface area contributed by atoms with E-state index in [2.05, 4.69) is 49.2 Å². The van der Waals surface area contributed by atoms with Crippen LogP contribution >= 0.6 is 0 Å². The van der Waals surface area contributed by atoms with Gasteiger partial charge in [0.05, 0.1) is 5.56 Å². The normalized spacial score (nSPS) is 25.6. The van der Waals surface area contributed by atoms with Crippen molar-refractivity contribution in [3.63, 3.8) is 0 Å². The number of hydrogen-bond donors (Lipinski definition) is 1. The first-order valence-corrected chi connectivity index (χ1v) is 8.45. The lowest BCUT2D eigenvalue weighted by Crippen LogP contribution is -2.56. The molecule has 2 heterocycles. The molecule has 4 nitrogen and oxygen atoms in total. The van der Waals surface area contributed by atoms with Crippen molar-refractivity contribution in [2.24, 2.45) is 0 Å². The summed E-state index contributed by atoms with van der Waals surface area (Å²) in [7, 11) is 0. The number of carbonyl (C=O) groups is 1. The number of carbonyl (C=O) groups excluding carboxylic acids is 1. The zero-order valence-electron chi connectivity index (χ0n) is 13.9. The molecular formula is C18H27N3O. The second kappa shape index (κ2) is 6.29. The number of piperazine rings is 1. The lowest BCUT2D eigenvalue weighted by atomic mass is 10.0. The van der Waals surface area contributed by atoms with Gasteiger partial charge in [-0.25, -0.2) is 0 Å². The third kappa shape index (κ3) is 3.12. The van der Waals surface area contributed by atoms with Gasteiger partial charge < -0.3 is 15.1 Å². The van der Waals surface area contributed by atoms with Crippen molar-refractivity contribution < 1.29 is 4.79 Å². The molecule has 22 heavy (non-hydrogen) atoms. The number of nitrogens with zero attached hydrogens (tertiary/aromatic N) is 2. The van der Waals surface area contributed by atoms with E-state index in [1.54, 1.807) is 0 Å². The summed E-state index contributed by atoms with van der Waals surface area (Å²) in [6, 6.07) is 7.02. The quantitative estimate of drug-likeness (QED) is 0.911. The second-order valence-electron chi connectivity index (χ2n) is 6.89. The molecular weight excluding hydrogens is 274 g/mol. The van der Waals surface area contributed by atoms with Crippen LogP contribution in [0.25, 0.3) is 0 Å². The molecule has 2 atom stereocenters. The number of benzene rings is 1. The zero-order valence-corrected chi connectivity index (χ0v) is 13.9. The minimum absolute atomic E-state index is 0.186. The number of anilines is 1. The first-order valence-electron chi connectivity index (χ1n) is 8.45. The Bertz CT molecular complexity index is 541. The summed E-state index contributed by atoms with van der Waals surface area (Å²) in [5.74, 6) is 0.186. The zero-order chi connectivity index (χ0) is 15.7. The van der Waals surface area contributed by atoms with Crippen LogP contribution in [-0.2, 0) is 0 Å². The number of aryl methyl sites for hydroxylation is 1. The first kappa shape index (κ1) is 15.3. The van der Waals surface area contributed by atoms with E-state index in [1.165, 1.54) is 12.8 Å². The molecule has 4 heteroatoms. The minimum atomic E-state index is 0.186. The maximum absolute atomic E-state index is 13.1. The predicted octanol–water partition coefficient (Wildman–Crippen LogP) is 2.42. The summed E-state index contributed by atoms with van der Waals surface area (Å²) in [6.07, 6.45) is 2.45. The Kier molecular flexibility index (Phi) is 4.39. The molecule has 1 aromatic carbocycles. The lowest BCUT2D eigenvalue weighted by molar-refractivity contribution is 0.0674. The maximum Gasteiger partial charge on any atom is 0.256 e. The van der Waals surface area contributed by atoms with Crippen LogP contribution in [0.1, 0.15) is 42.6 Å². The molecule has 2 saturated heterocycles. The van der Waals surface area contributed by atoms with Crippen LogP contribution in [0.4, 0.5) is 5.69 Å². The van der Waals surface area contributed by atoms with E-state index in [1.807, 2.05) is 4.90 Å². The lowest BCUT2D eigenvalue weighted by Gasteiger charge is -2.37. The SMILES string of the molecule is Cc1ccc(N2CCCC2)c(C(=O)N2C[C@H](C)N[C@@H](C)C2)c1. The summed E-state index contributed by atoms with van der Waals surface area (Å²) >= 11 is 0. The van der Waals surface area contributed by atoms with Gasteiger partial charge in [0, 0.05) is 44.0 Å². The summed E-state index contributed by atoms with van der Waals surface area (Å²) in [5.41, 5.74) is 3.15. The van der Waals surface area contributed by atoms with Gasteiger partial charge in [0.2, 0.25) is 0 Å². The van der Waals surface area contributed by atoms with E-state index in [0.717, 1.165) is 43.0 Å². The monoisotopic (exact) mass is 301 g/mol. The summed E-state index contributed by atoms with van der Waals surface area (Å²) in [6.45, 7) is 10.1. The van der Waals surface area contributed by atoms with Gasteiger partial charge in [-0.1, -0.05) is 11.6 Å². The van der Waals surface area contributed by atoms with E-state index < -0.39 is 0 Å². The Morgan fingerprint density at radius 2 is 1.77 bits per heavy atom. The molecule has 1 aromatic rings. The van der Waals surface area contributed by atoms with E-state index in [-0.39, 0.29) is 5.91 Å². The van der Waals surface area contributed by atoms with Gasteiger partial charge in [-0.15, -0.1) is 0 Å². The summed E-state index contributed by atoms with van der Waals surface area (Å²) in [4.78, 5) is 17.5. The van der Waals surface area contributed by atoms with E-state index in [0.29, 0.717) is 12.1 Å². The van der Waals surface area contributed by atoms with Gasteiger partial charge in [-0.3, -0.25) is 4.79 Å². The summed E-state index contributed by atoms with van der Waals surface area (Å²) < 4.78 is 0. The predicted molar refractivity (Wildman–Crippen MR) is 90.6 cm³/mol. The standard InChI is InChI=1S/C18H27N3O/c1-13-6-7-17(20-8-4-5-9-20)16(10-13)18(22)21-11-14(2)19-15(3)12-21/h6-7,10,14-15,19H,4-5,8-9,11-12H2,1-3H3/t14-,15-/m0/s1. The van der Waals surface area contributed by atoms with Gasteiger partial charge in [0.15, 0.2) is 0 Å². The van der Waals surface area contributed by atoms with Gasteiger partial charge >= 0.3 is 0 Å². The second-order valence-corrected chi connectivity index (χ2v) is 6.89. The van der Waals surface area contributed by atoms with Crippen LogP contribution in [0, 0.1) is 6.92 Å². The minimum Gasteiger partial charge on any atom is -0.371 e. The van der Waals surface area contributed by atoms with Crippen LogP contribution < -0.4 is 10.2 Å². The van der Waals surface area contributed by atoms with Crippen LogP contribution in [0.3, 0.4) is 0 Å². The first-order chi connectivity index (χ1) is 10.5. The van der Waals surface area contributed by atoms with Crippen molar-refractivity contribution in [3.05, 3.63) is 29.3 Å². The molecule has 0 spiro atoms. The fourth-order valence-corrected chi connectivity index (χ4v) is 3.72. The average molecular weight is 301 g/mol. The summed E-state index contributed by atoms with van der Waals surface area (Å²) in [5, 5.41) is 3.49. The molecule has 0 radical (unpaired) electrons. The van der Waals surface area contributed by atoms with Crippen LogP contribution in [0.2, 0.25) is 0 Å². The highest BCUT2D eigenvalue weighted by atomic mass is 16.2. The van der Waals surface area contributed by atoms with Gasteiger partial charge in [0.1, 0.15) is 0 Å². The van der Waals surface area contributed by atoms with E-state index in [9.17, 15) is 4.79 Å². The van der Waals surface area contributed by atoms with E-state index in [4.69, 9.17) is 0 Å². The van der Waals surface area contributed by atoms with Crippen molar-refractivity contribution in [3.8, 4) is 0 Å². The van der Waals surface area contributed by atoms with Gasteiger partial charge in [0.25, 0.3) is 5.91 Å². The molecule has 2 aliphatic rings.